The van der Waals surface area contributed by atoms with Crippen molar-refractivity contribution in [1.82, 2.24) is 0 Å². The minimum absolute atomic E-state index is 0.123. The molecule has 0 aliphatic carbocycles. The maximum Gasteiger partial charge on any atom is 0.165 e. The zero-order chi connectivity index (χ0) is 12.3. The van der Waals surface area contributed by atoms with E-state index < -0.39 is 5.60 Å². The van der Waals surface area contributed by atoms with Crippen molar-refractivity contribution < 1.29 is 14.2 Å². The van der Waals surface area contributed by atoms with Gasteiger partial charge in [0.15, 0.2) is 11.6 Å². The van der Waals surface area contributed by atoms with E-state index in [1.165, 1.54) is 13.2 Å². The van der Waals surface area contributed by atoms with Gasteiger partial charge in [0.1, 0.15) is 0 Å². The number of rotatable bonds is 4. The monoisotopic (exact) mass is 226 g/mol. The summed E-state index contributed by atoms with van der Waals surface area (Å²) < 4.78 is 18.3. The molecule has 0 saturated carbocycles. The minimum Gasteiger partial charge on any atom is -0.494 e. The summed E-state index contributed by atoms with van der Waals surface area (Å²) in [6.07, 6.45) is 0.436. The second kappa shape index (κ2) is 4.83. The van der Waals surface area contributed by atoms with Gasteiger partial charge in [0.25, 0.3) is 0 Å². The van der Waals surface area contributed by atoms with Crippen LogP contribution in [-0.4, -0.2) is 17.8 Å². The van der Waals surface area contributed by atoms with Crippen LogP contribution in [0.25, 0.3) is 0 Å². The fourth-order valence-electron chi connectivity index (χ4n) is 1.44. The third-order valence-electron chi connectivity index (χ3n) is 3.02. The van der Waals surface area contributed by atoms with E-state index in [9.17, 15) is 9.50 Å². The van der Waals surface area contributed by atoms with Gasteiger partial charge in [-0.25, -0.2) is 4.39 Å². The predicted octanol–water partition coefficient (Wildman–Crippen LogP) is 2.78. The Morgan fingerprint density at radius 1 is 1.44 bits per heavy atom. The van der Waals surface area contributed by atoms with E-state index in [1.807, 2.05) is 13.8 Å². The van der Waals surface area contributed by atoms with E-state index in [1.54, 1.807) is 19.1 Å². The minimum atomic E-state index is -0.818. The zero-order valence-electron chi connectivity index (χ0n) is 10.2. The maximum absolute atomic E-state index is 13.4. The lowest BCUT2D eigenvalue weighted by Gasteiger charge is -2.27. The maximum atomic E-state index is 13.4. The molecule has 1 unspecified atom stereocenters. The Bertz CT molecular complexity index is 359. The smallest absolute Gasteiger partial charge is 0.165 e. The van der Waals surface area contributed by atoms with Crippen LogP contribution in [0, 0.1) is 11.7 Å². The fourth-order valence-corrected chi connectivity index (χ4v) is 1.44. The lowest BCUT2D eigenvalue weighted by atomic mass is 9.86. The molecule has 0 bridgehead atoms. The van der Waals surface area contributed by atoms with E-state index >= 15 is 0 Å². The average Bonchev–Trinajstić information content (AvgIpc) is 2.17. The van der Waals surface area contributed by atoms with Crippen molar-refractivity contribution in [2.24, 2.45) is 5.92 Å². The summed E-state index contributed by atoms with van der Waals surface area (Å²) in [4.78, 5) is 0. The molecule has 0 amide bonds. The second-order valence-corrected chi connectivity index (χ2v) is 4.66. The molecule has 0 aliphatic heterocycles. The molecule has 16 heavy (non-hydrogen) atoms. The van der Waals surface area contributed by atoms with E-state index in [-0.39, 0.29) is 17.5 Å². The Morgan fingerprint density at radius 3 is 2.50 bits per heavy atom. The van der Waals surface area contributed by atoms with Gasteiger partial charge < -0.3 is 9.84 Å². The Kier molecular flexibility index (Phi) is 3.92. The summed E-state index contributed by atoms with van der Waals surface area (Å²) in [6.45, 7) is 5.65. The quantitative estimate of drug-likeness (QED) is 0.855. The molecular weight excluding hydrogens is 207 g/mol. The summed E-state index contributed by atoms with van der Waals surface area (Å²) in [5.74, 6) is -0.0369. The molecule has 3 heteroatoms. The van der Waals surface area contributed by atoms with Crippen molar-refractivity contribution in [3.05, 3.63) is 29.6 Å². The number of methoxy groups -OCH3 is 1. The zero-order valence-corrected chi connectivity index (χ0v) is 10.2. The van der Waals surface area contributed by atoms with E-state index in [4.69, 9.17) is 4.74 Å². The largest absolute Gasteiger partial charge is 0.494 e. The fraction of sp³-hybridized carbons (Fsp3) is 0.538. The Hall–Kier alpha value is -1.09. The summed E-state index contributed by atoms with van der Waals surface area (Å²) >= 11 is 0. The first-order chi connectivity index (χ1) is 7.36. The van der Waals surface area contributed by atoms with Crippen molar-refractivity contribution in [2.45, 2.75) is 32.8 Å². The Labute approximate surface area is 96.1 Å². The van der Waals surface area contributed by atoms with Crippen LogP contribution in [0.2, 0.25) is 0 Å². The molecule has 2 nitrogen and oxygen atoms in total. The molecule has 0 aliphatic rings. The lowest BCUT2D eigenvalue weighted by Crippen LogP contribution is -2.33. The van der Waals surface area contributed by atoms with Crippen LogP contribution in [0.4, 0.5) is 4.39 Å². The number of ether oxygens (including phenoxy) is 1. The topological polar surface area (TPSA) is 29.5 Å². The molecule has 0 radical (unpaired) electrons. The van der Waals surface area contributed by atoms with Crippen molar-refractivity contribution in [2.75, 3.05) is 7.11 Å². The first kappa shape index (κ1) is 13.0. The number of halogens is 1. The second-order valence-electron chi connectivity index (χ2n) is 4.66. The van der Waals surface area contributed by atoms with Crippen LogP contribution in [0.1, 0.15) is 26.3 Å². The molecule has 1 N–H and O–H groups in total. The lowest BCUT2D eigenvalue weighted by molar-refractivity contribution is 0.0139. The number of benzene rings is 1. The molecule has 1 aromatic rings. The number of hydrogen-bond acceptors (Lipinski definition) is 2. The van der Waals surface area contributed by atoms with E-state index in [2.05, 4.69) is 0 Å². The van der Waals surface area contributed by atoms with Gasteiger partial charge in [-0.2, -0.15) is 0 Å². The SMILES string of the molecule is COc1ccc(CC(C)(O)C(C)C)cc1F. The highest BCUT2D eigenvalue weighted by atomic mass is 19.1. The van der Waals surface area contributed by atoms with Gasteiger partial charge in [-0.1, -0.05) is 19.9 Å². The molecule has 1 rings (SSSR count). The van der Waals surface area contributed by atoms with Crippen LogP contribution in [0.3, 0.4) is 0 Å². The van der Waals surface area contributed by atoms with Gasteiger partial charge in [-0.15, -0.1) is 0 Å². The summed E-state index contributed by atoms with van der Waals surface area (Å²) in [5, 5.41) is 10.1. The van der Waals surface area contributed by atoms with Crippen molar-refractivity contribution in [1.29, 1.82) is 0 Å². The van der Waals surface area contributed by atoms with Crippen LogP contribution in [0.15, 0.2) is 18.2 Å². The standard InChI is InChI=1S/C13H19FO2/c1-9(2)13(3,15)8-10-5-6-12(16-4)11(14)7-10/h5-7,9,15H,8H2,1-4H3. The van der Waals surface area contributed by atoms with Gasteiger partial charge in [-0.05, 0) is 30.5 Å². The van der Waals surface area contributed by atoms with E-state index in [0.717, 1.165) is 5.56 Å². The molecular formula is C13H19FO2. The third-order valence-corrected chi connectivity index (χ3v) is 3.02. The first-order valence-corrected chi connectivity index (χ1v) is 5.41. The Balaban J connectivity index is 2.87. The normalized spacial score (nSPS) is 14.9. The van der Waals surface area contributed by atoms with Crippen molar-refractivity contribution in [3.63, 3.8) is 0 Å². The van der Waals surface area contributed by atoms with Gasteiger partial charge >= 0.3 is 0 Å². The van der Waals surface area contributed by atoms with Crippen LogP contribution in [-0.2, 0) is 6.42 Å². The molecule has 0 spiro atoms. The van der Waals surface area contributed by atoms with Gasteiger partial charge in [0.2, 0.25) is 0 Å². The molecule has 0 aromatic heterocycles. The molecule has 0 heterocycles. The highest BCUT2D eigenvalue weighted by Crippen LogP contribution is 2.24. The van der Waals surface area contributed by atoms with Gasteiger partial charge in [0, 0.05) is 6.42 Å². The number of hydrogen-bond donors (Lipinski definition) is 1. The van der Waals surface area contributed by atoms with Crippen molar-refractivity contribution >= 4 is 0 Å². The average molecular weight is 226 g/mol. The Morgan fingerprint density at radius 2 is 2.06 bits per heavy atom. The van der Waals surface area contributed by atoms with Gasteiger partial charge in [-0.3, -0.25) is 0 Å². The highest BCUT2D eigenvalue weighted by molar-refractivity contribution is 5.30. The molecule has 1 aromatic carbocycles. The predicted molar refractivity (Wildman–Crippen MR) is 62.1 cm³/mol. The highest BCUT2D eigenvalue weighted by Gasteiger charge is 2.25. The summed E-state index contributed by atoms with van der Waals surface area (Å²) in [7, 11) is 1.43. The molecule has 0 saturated heterocycles. The molecule has 1 atom stereocenters. The van der Waals surface area contributed by atoms with Crippen LogP contribution < -0.4 is 4.74 Å². The van der Waals surface area contributed by atoms with Gasteiger partial charge in [0.05, 0.1) is 12.7 Å². The number of aliphatic hydroxyl groups is 1. The summed E-state index contributed by atoms with van der Waals surface area (Å²) in [5.41, 5.74) is -0.0434. The summed E-state index contributed by atoms with van der Waals surface area (Å²) in [6, 6.07) is 4.77. The van der Waals surface area contributed by atoms with E-state index in [0.29, 0.717) is 6.42 Å². The first-order valence-electron chi connectivity index (χ1n) is 5.41. The van der Waals surface area contributed by atoms with Crippen LogP contribution in [0.5, 0.6) is 5.75 Å². The molecule has 0 fully saturated rings. The molecule has 90 valence electrons. The third kappa shape index (κ3) is 2.95. The van der Waals surface area contributed by atoms with Crippen LogP contribution >= 0.6 is 0 Å². The van der Waals surface area contributed by atoms with Crippen molar-refractivity contribution in [3.8, 4) is 5.75 Å².